The van der Waals surface area contributed by atoms with Crippen molar-refractivity contribution in [3.05, 3.63) is 0 Å². The van der Waals surface area contributed by atoms with Crippen molar-refractivity contribution in [3.63, 3.8) is 0 Å². The summed E-state index contributed by atoms with van der Waals surface area (Å²) in [6.45, 7) is 5.19. The number of ketones is 1. The summed E-state index contributed by atoms with van der Waals surface area (Å²) in [6.07, 6.45) is 2.36. The molecule has 0 spiro atoms. The molecule has 16 heavy (non-hydrogen) atoms. The van der Waals surface area contributed by atoms with Crippen molar-refractivity contribution < 1.29 is 14.3 Å². The maximum Gasteiger partial charge on any atom is 0.320 e. The van der Waals surface area contributed by atoms with Gasteiger partial charge in [0.1, 0.15) is 5.41 Å². The molecule has 0 aromatic rings. The Labute approximate surface area is 96.9 Å². The van der Waals surface area contributed by atoms with E-state index in [1.807, 2.05) is 11.9 Å². The van der Waals surface area contributed by atoms with Gasteiger partial charge in [0.15, 0.2) is 5.78 Å². The second kappa shape index (κ2) is 5.43. The smallest absolute Gasteiger partial charge is 0.320 e. The number of rotatable bonds is 2. The highest BCUT2D eigenvalue weighted by atomic mass is 16.5. The minimum Gasteiger partial charge on any atom is -0.465 e. The van der Waals surface area contributed by atoms with Crippen molar-refractivity contribution >= 4 is 11.8 Å². The van der Waals surface area contributed by atoms with E-state index >= 15 is 0 Å². The predicted octanol–water partition coefficient (Wildman–Crippen LogP) is 1.24. The van der Waals surface area contributed by atoms with Gasteiger partial charge in [0.05, 0.1) is 6.61 Å². The molecule has 1 aliphatic heterocycles. The van der Waals surface area contributed by atoms with Gasteiger partial charge in [0.25, 0.3) is 0 Å². The van der Waals surface area contributed by atoms with Gasteiger partial charge in [0.2, 0.25) is 0 Å². The van der Waals surface area contributed by atoms with E-state index < -0.39 is 5.41 Å². The Balaban J connectivity index is 2.84. The van der Waals surface area contributed by atoms with Crippen LogP contribution in [0.15, 0.2) is 0 Å². The van der Waals surface area contributed by atoms with Gasteiger partial charge in [-0.1, -0.05) is 0 Å². The number of hydrogen-bond acceptors (Lipinski definition) is 4. The van der Waals surface area contributed by atoms with Crippen LogP contribution in [0.5, 0.6) is 0 Å². The molecule has 1 atom stereocenters. The van der Waals surface area contributed by atoms with Gasteiger partial charge >= 0.3 is 5.97 Å². The summed E-state index contributed by atoms with van der Waals surface area (Å²) in [5.41, 5.74) is -0.981. The molecule has 4 nitrogen and oxygen atoms in total. The molecule has 0 radical (unpaired) electrons. The zero-order chi connectivity index (χ0) is 12.2. The fourth-order valence-electron chi connectivity index (χ4n) is 2.12. The molecule has 0 saturated carbocycles. The largest absolute Gasteiger partial charge is 0.465 e. The number of Topliss-reactive ketones (excluding diaryl/α,β-unsaturated/α-hetero) is 1. The molecule has 0 bridgehead atoms. The van der Waals surface area contributed by atoms with Crippen LogP contribution < -0.4 is 0 Å². The molecule has 0 aromatic heterocycles. The van der Waals surface area contributed by atoms with Crippen molar-refractivity contribution in [3.8, 4) is 0 Å². The summed E-state index contributed by atoms with van der Waals surface area (Å²) in [6, 6.07) is 0. The Morgan fingerprint density at radius 2 is 2.19 bits per heavy atom. The van der Waals surface area contributed by atoms with Crippen molar-refractivity contribution in [2.24, 2.45) is 5.41 Å². The van der Waals surface area contributed by atoms with Gasteiger partial charge in [0, 0.05) is 13.0 Å². The van der Waals surface area contributed by atoms with Crippen LogP contribution in [-0.2, 0) is 14.3 Å². The molecule has 1 aliphatic rings. The first-order chi connectivity index (χ1) is 7.50. The summed E-state index contributed by atoms with van der Waals surface area (Å²) >= 11 is 0. The van der Waals surface area contributed by atoms with Crippen LogP contribution in [0, 0.1) is 5.41 Å². The fraction of sp³-hybridized carbons (Fsp3) is 0.833. The van der Waals surface area contributed by atoms with E-state index in [9.17, 15) is 9.59 Å². The summed E-state index contributed by atoms with van der Waals surface area (Å²) in [5.74, 6) is -0.369. The van der Waals surface area contributed by atoms with Crippen LogP contribution in [0.3, 0.4) is 0 Å². The molecule has 1 unspecified atom stereocenters. The minimum absolute atomic E-state index is 0.0116. The first-order valence-corrected chi connectivity index (χ1v) is 5.89. The van der Waals surface area contributed by atoms with E-state index in [1.165, 1.54) is 0 Å². The third-order valence-electron chi connectivity index (χ3n) is 3.12. The Kier molecular flexibility index (Phi) is 4.47. The molecular weight excluding hydrogens is 206 g/mol. The average molecular weight is 227 g/mol. The van der Waals surface area contributed by atoms with E-state index in [4.69, 9.17) is 4.74 Å². The third-order valence-corrected chi connectivity index (χ3v) is 3.12. The molecule has 1 saturated heterocycles. The molecule has 0 amide bonds. The molecule has 0 aromatic carbocycles. The standard InChI is InChI=1S/C12H21NO3/c1-4-16-11(15)12(2)9-13(3)8-6-5-7-10(12)14/h4-9H2,1-3H3. The number of carbonyl (C=O) groups is 2. The lowest BCUT2D eigenvalue weighted by molar-refractivity contribution is -0.160. The monoisotopic (exact) mass is 227 g/mol. The molecule has 0 N–H and O–H groups in total. The van der Waals surface area contributed by atoms with Crippen LogP contribution in [0.25, 0.3) is 0 Å². The van der Waals surface area contributed by atoms with Crippen LogP contribution in [0.4, 0.5) is 0 Å². The van der Waals surface area contributed by atoms with Gasteiger partial charge in [-0.25, -0.2) is 0 Å². The normalized spacial score (nSPS) is 28.3. The second-order valence-corrected chi connectivity index (χ2v) is 4.67. The Bertz CT molecular complexity index is 267. The summed E-state index contributed by atoms with van der Waals surface area (Å²) < 4.78 is 5.01. The van der Waals surface area contributed by atoms with Crippen molar-refractivity contribution in [2.45, 2.75) is 33.1 Å². The van der Waals surface area contributed by atoms with Gasteiger partial charge in [-0.15, -0.1) is 0 Å². The first kappa shape index (κ1) is 13.2. The van der Waals surface area contributed by atoms with E-state index in [1.54, 1.807) is 13.8 Å². The fourth-order valence-corrected chi connectivity index (χ4v) is 2.12. The molecule has 1 fully saturated rings. The Hall–Kier alpha value is -0.900. The van der Waals surface area contributed by atoms with Crippen LogP contribution in [0.1, 0.15) is 33.1 Å². The zero-order valence-corrected chi connectivity index (χ0v) is 10.4. The van der Waals surface area contributed by atoms with Gasteiger partial charge in [-0.3, -0.25) is 9.59 Å². The van der Waals surface area contributed by atoms with E-state index in [0.29, 0.717) is 19.6 Å². The molecule has 1 heterocycles. The second-order valence-electron chi connectivity index (χ2n) is 4.67. The number of likely N-dealkylation sites (tertiary alicyclic amines) is 1. The highest BCUT2D eigenvalue weighted by molar-refractivity contribution is 6.03. The summed E-state index contributed by atoms with van der Waals surface area (Å²) in [4.78, 5) is 25.9. The van der Waals surface area contributed by atoms with E-state index in [2.05, 4.69) is 0 Å². The highest BCUT2D eigenvalue weighted by Gasteiger charge is 2.43. The zero-order valence-electron chi connectivity index (χ0n) is 10.4. The average Bonchev–Trinajstić information content (AvgIpc) is 2.22. The first-order valence-electron chi connectivity index (χ1n) is 5.89. The third kappa shape index (κ3) is 2.82. The Morgan fingerprint density at radius 1 is 1.50 bits per heavy atom. The van der Waals surface area contributed by atoms with Gasteiger partial charge in [-0.05, 0) is 40.3 Å². The van der Waals surface area contributed by atoms with Crippen LogP contribution in [-0.4, -0.2) is 43.4 Å². The maximum absolute atomic E-state index is 12.0. The summed E-state index contributed by atoms with van der Waals surface area (Å²) in [5, 5.41) is 0. The molecule has 1 rings (SSSR count). The number of nitrogens with zero attached hydrogens (tertiary/aromatic N) is 1. The van der Waals surface area contributed by atoms with Gasteiger partial charge < -0.3 is 9.64 Å². The predicted molar refractivity (Wildman–Crippen MR) is 61.1 cm³/mol. The van der Waals surface area contributed by atoms with Crippen molar-refractivity contribution in [1.29, 1.82) is 0 Å². The van der Waals surface area contributed by atoms with E-state index in [0.717, 1.165) is 19.4 Å². The topological polar surface area (TPSA) is 46.6 Å². The van der Waals surface area contributed by atoms with E-state index in [-0.39, 0.29) is 11.8 Å². The van der Waals surface area contributed by atoms with Crippen LogP contribution in [0.2, 0.25) is 0 Å². The molecular formula is C12H21NO3. The van der Waals surface area contributed by atoms with Crippen LogP contribution >= 0.6 is 0 Å². The van der Waals surface area contributed by atoms with Crippen molar-refractivity contribution in [2.75, 3.05) is 26.7 Å². The highest BCUT2D eigenvalue weighted by Crippen LogP contribution is 2.26. The maximum atomic E-state index is 12.0. The number of hydrogen-bond donors (Lipinski definition) is 0. The molecule has 92 valence electrons. The lowest BCUT2D eigenvalue weighted by Gasteiger charge is -2.32. The number of ether oxygens (including phenoxy) is 1. The molecule has 0 aliphatic carbocycles. The SMILES string of the molecule is CCOC(=O)C1(C)CN(C)CCCCC1=O. The quantitative estimate of drug-likeness (QED) is 0.526. The Morgan fingerprint density at radius 3 is 2.81 bits per heavy atom. The molecule has 4 heteroatoms. The lowest BCUT2D eigenvalue weighted by atomic mass is 9.81. The summed E-state index contributed by atoms with van der Waals surface area (Å²) in [7, 11) is 1.94. The minimum atomic E-state index is -0.981. The lowest BCUT2D eigenvalue weighted by Crippen LogP contribution is -2.47. The number of carbonyl (C=O) groups excluding carboxylic acids is 2. The van der Waals surface area contributed by atoms with Crippen molar-refractivity contribution in [1.82, 2.24) is 4.90 Å². The van der Waals surface area contributed by atoms with Gasteiger partial charge in [-0.2, -0.15) is 0 Å². The number of esters is 1.